The highest BCUT2D eigenvalue weighted by Gasteiger charge is 2.09. The predicted octanol–water partition coefficient (Wildman–Crippen LogP) is 1.53. The largest absolute Gasteiger partial charge is 0.491 e. The summed E-state index contributed by atoms with van der Waals surface area (Å²) in [6, 6.07) is 8.30. The molecule has 21 heavy (non-hydrogen) atoms. The van der Waals surface area contributed by atoms with Gasteiger partial charge in [-0.3, -0.25) is 0 Å². The second-order valence-corrected chi connectivity index (χ2v) is 5.04. The second kappa shape index (κ2) is 9.60. The molecule has 1 aromatic rings. The smallest absolute Gasteiger partial charge is 0.121 e. The molecule has 1 heterocycles. The van der Waals surface area contributed by atoms with Crippen molar-refractivity contribution in [3.8, 4) is 5.75 Å². The molecule has 0 spiro atoms. The number of hydrogen-bond acceptors (Lipinski definition) is 5. The Hall–Kier alpha value is -1.30. The minimum atomic E-state index is 0.564. The first kappa shape index (κ1) is 16.1. The Labute approximate surface area is 127 Å². The number of methoxy groups -OCH3 is 1. The highest BCUT2D eigenvalue weighted by Crippen LogP contribution is 2.21. The number of anilines is 1. The molecule has 0 saturated carbocycles. The van der Waals surface area contributed by atoms with E-state index in [0.29, 0.717) is 26.4 Å². The van der Waals surface area contributed by atoms with Crippen LogP contribution in [0.25, 0.3) is 0 Å². The summed E-state index contributed by atoms with van der Waals surface area (Å²) in [5.41, 5.74) is 1.23. The molecule has 1 aliphatic rings. The van der Waals surface area contributed by atoms with E-state index in [-0.39, 0.29) is 0 Å². The van der Waals surface area contributed by atoms with Crippen molar-refractivity contribution in [2.45, 2.75) is 6.42 Å². The molecule has 118 valence electrons. The van der Waals surface area contributed by atoms with E-state index >= 15 is 0 Å². The van der Waals surface area contributed by atoms with Gasteiger partial charge in [0.15, 0.2) is 0 Å². The summed E-state index contributed by atoms with van der Waals surface area (Å²) in [7, 11) is 1.67. The van der Waals surface area contributed by atoms with Crippen molar-refractivity contribution in [3.63, 3.8) is 0 Å². The normalized spacial score (nSPS) is 15.8. The molecular formula is C16H26N2O3. The Bertz CT molecular complexity index is 393. The van der Waals surface area contributed by atoms with Crippen LogP contribution in [0.5, 0.6) is 5.75 Å². The molecule has 0 bridgehead atoms. The summed E-state index contributed by atoms with van der Waals surface area (Å²) < 4.78 is 16.1. The monoisotopic (exact) mass is 294 g/mol. The molecule has 2 rings (SSSR count). The van der Waals surface area contributed by atoms with Crippen molar-refractivity contribution in [1.82, 2.24) is 5.32 Å². The summed E-state index contributed by atoms with van der Waals surface area (Å²) in [5, 5.41) is 3.42. The van der Waals surface area contributed by atoms with Crippen molar-refractivity contribution < 1.29 is 14.2 Å². The third-order valence-corrected chi connectivity index (χ3v) is 3.45. The molecule has 5 heteroatoms. The average Bonchev–Trinajstić information content (AvgIpc) is 2.80. The summed E-state index contributed by atoms with van der Waals surface area (Å²) >= 11 is 0. The molecule has 0 radical (unpaired) electrons. The van der Waals surface area contributed by atoms with Crippen LogP contribution in [0.15, 0.2) is 24.3 Å². The molecule has 0 amide bonds. The van der Waals surface area contributed by atoms with Gasteiger partial charge in [0.1, 0.15) is 12.4 Å². The van der Waals surface area contributed by atoms with E-state index in [1.807, 2.05) is 6.07 Å². The van der Waals surface area contributed by atoms with Gasteiger partial charge in [-0.05, 0) is 25.1 Å². The first-order chi connectivity index (χ1) is 10.4. The maximum atomic E-state index is 5.74. The molecule has 1 aliphatic heterocycles. The molecule has 0 atom stereocenters. The summed E-state index contributed by atoms with van der Waals surface area (Å²) in [6.45, 7) is 6.67. The first-order valence-corrected chi connectivity index (χ1v) is 7.65. The topological polar surface area (TPSA) is 43.0 Å². The molecule has 5 nitrogen and oxygen atoms in total. The Morgan fingerprint density at radius 2 is 2.00 bits per heavy atom. The zero-order valence-electron chi connectivity index (χ0n) is 12.8. The highest BCUT2D eigenvalue weighted by atomic mass is 16.5. The van der Waals surface area contributed by atoms with Crippen LogP contribution in [0.2, 0.25) is 0 Å². The number of rotatable bonds is 8. The Morgan fingerprint density at radius 3 is 2.90 bits per heavy atom. The van der Waals surface area contributed by atoms with E-state index < -0.39 is 0 Å². The van der Waals surface area contributed by atoms with Gasteiger partial charge in [0.2, 0.25) is 0 Å². The standard InChI is InChI=1S/C16H26N2O3/c1-19-10-11-20-12-13-21-16-5-2-4-15(14-16)18-8-3-6-17-7-9-18/h2,4-5,14,17H,3,6-13H2,1H3. The summed E-state index contributed by atoms with van der Waals surface area (Å²) in [4.78, 5) is 2.40. The van der Waals surface area contributed by atoms with Gasteiger partial charge in [-0.25, -0.2) is 0 Å². The van der Waals surface area contributed by atoms with Crippen molar-refractivity contribution >= 4 is 5.69 Å². The van der Waals surface area contributed by atoms with Crippen LogP contribution in [0.3, 0.4) is 0 Å². The fraction of sp³-hybridized carbons (Fsp3) is 0.625. The fourth-order valence-electron chi connectivity index (χ4n) is 2.34. The van der Waals surface area contributed by atoms with Crippen molar-refractivity contribution in [2.75, 3.05) is 64.6 Å². The van der Waals surface area contributed by atoms with Gasteiger partial charge >= 0.3 is 0 Å². The van der Waals surface area contributed by atoms with E-state index in [4.69, 9.17) is 14.2 Å². The number of benzene rings is 1. The number of nitrogens with zero attached hydrogens (tertiary/aromatic N) is 1. The molecule has 1 N–H and O–H groups in total. The lowest BCUT2D eigenvalue weighted by molar-refractivity contribution is 0.0544. The Balaban J connectivity index is 1.77. The fourth-order valence-corrected chi connectivity index (χ4v) is 2.34. The average molecular weight is 294 g/mol. The molecule has 1 fully saturated rings. The lowest BCUT2D eigenvalue weighted by atomic mass is 10.2. The number of ether oxygens (including phenoxy) is 3. The maximum Gasteiger partial charge on any atom is 0.121 e. The molecular weight excluding hydrogens is 268 g/mol. The molecule has 0 unspecified atom stereocenters. The number of nitrogens with one attached hydrogen (secondary N) is 1. The zero-order valence-corrected chi connectivity index (χ0v) is 12.8. The van der Waals surface area contributed by atoms with Crippen LogP contribution in [-0.2, 0) is 9.47 Å². The molecule has 1 aromatic carbocycles. The minimum absolute atomic E-state index is 0.564. The quantitative estimate of drug-likeness (QED) is 0.737. The maximum absolute atomic E-state index is 5.74. The van der Waals surface area contributed by atoms with Gasteiger partial charge < -0.3 is 24.4 Å². The summed E-state index contributed by atoms with van der Waals surface area (Å²) in [5.74, 6) is 0.903. The van der Waals surface area contributed by atoms with Crippen LogP contribution in [0.4, 0.5) is 5.69 Å². The van der Waals surface area contributed by atoms with Crippen LogP contribution in [0, 0.1) is 0 Å². The lowest BCUT2D eigenvalue weighted by Gasteiger charge is -2.22. The van der Waals surface area contributed by atoms with Crippen molar-refractivity contribution in [2.24, 2.45) is 0 Å². The van der Waals surface area contributed by atoms with Crippen molar-refractivity contribution in [3.05, 3.63) is 24.3 Å². The van der Waals surface area contributed by atoms with Crippen molar-refractivity contribution in [1.29, 1.82) is 0 Å². The molecule has 0 aliphatic carbocycles. The van der Waals surface area contributed by atoms with Gasteiger partial charge in [0.05, 0.1) is 19.8 Å². The van der Waals surface area contributed by atoms with Gasteiger partial charge in [-0.15, -0.1) is 0 Å². The van der Waals surface area contributed by atoms with Crippen LogP contribution in [0.1, 0.15) is 6.42 Å². The van der Waals surface area contributed by atoms with Gasteiger partial charge in [0, 0.05) is 38.5 Å². The van der Waals surface area contributed by atoms with E-state index in [2.05, 4.69) is 28.4 Å². The van der Waals surface area contributed by atoms with E-state index in [0.717, 1.165) is 31.9 Å². The predicted molar refractivity (Wildman–Crippen MR) is 84.3 cm³/mol. The van der Waals surface area contributed by atoms with E-state index in [1.165, 1.54) is 12.1 Å². The first-order valence-electron chi connectivity index (χ1n) is 7.65. The second-order valence-electron chi connectivity index (χ2n) is 5.04. The Morgan fingerprint density at radius 1 is 1.10 bits per heavy atom. The van der Waals surface area contributed by atoms with E-state index in [1.54, 1.807) is 7.11 Å². The third-order valence-electron chi connectivity index (χ3n) is 3.45. The summed E-state index contributed by atoms with van der Waals surface area (Å²) in [6.07, 6.45) is 1.18. The van der Waals surface area contributed by atoms with Gasteiger partial charge in [-0.2, -0.15) is 0 Å². The highest BCUT2D eigenvalue weighted by molar-refractivity contribution is 5.50. The van der Waals surface area contributed by atoms with Crippen LogP contribution >= 0.6 is 0 Å². The zero-order chi connectivity index (χ0) is 14.8. The van der Waals surface area contributed by atoms with E-state index in [9.17, 15) is 0 Å². The van der Waals surface area contributed by atoms with Crippen LogP contribution in [-0.4, -0.2) is 59.7 Å². The SMILES string of the molecule is COCCOCCOc1cccc(N2CCCNCC2)c1. The third kappa shape index (κ3) is 5.91. The minimum Gasteiger partial charge on any atom is -0.491 e. The van der Waals surface area contributed by atoms with Crippen LogP contribution < -0.4 is 15.0 Å². The Kier molecular flexibility index (Phi) is 7.35. The molecule has 1 saturated heterocycles. The number of hydrogen-bond donors (Lipinski definition) is 1. The van der Waals surface area contributed by atoms with Gasteiger partial charge in [-0.1, -0.05) is 6.07 Å². The lowest BCUT2D eigenvalue weighted by Crippen LogP contribution is -2.27. The molecule has 0 aromatic heterocycles. The van der Waals surface area contributed by atoms with Gasteiger partial charge in [0.25, 0.3) is 0 Å².